The number of halogens is 4. The first-order valence-electron chi connectivity index (χ1n) is 8.39. The lowest BCUT2D eigenvalue weighted by molar-refractivity contribution is -0.142. The van der Waals surface area contributed by atoms with E-state index in [0.717, 1.165) is 12.8 Å². The van der Waals surface area contributed by atoms with Gasteiger partial charge in [-0.25, -0.2) is 4.79 Å². The van der Waals surface area contributed by atoms with E-state index >= 15 is 0 Å². The van der Waals surface area contributed by atoms with Crippen LogP contribution in [0.15, 0.2) is 4.99 Å². The average molecular weight is 495 g/mol. The van der Waals surface area contributed by atoms with Gasteiger partial charge in [0.25, 0.3) is 0 Å². The minimum Gasteiger partial charge on any atom is -0.450 e. The summed E-state index contributed by atoms with van der Waals surface area (Å²) in [6.07, 6.45) is -2.97. The monoisotopic (exact) mass is 495 g/mol. The fourth-order valence-corrected chi connectivity index (χ4v) is 2.56. The number of nitrogens with one attached hydrogen (secondary N) is 2. The smallest absolute Gasteiger partial charge is 0.409 e. The first-order chi connectivity index (χ1) is 11.7. The number of carbonyl (C=O) groups excluding carboxylic acids is 1. The second kappa shape index (κ2) is 12.4. The van der Waals surface area contributed by atoms with Crippen LogP contribution in [0.2, 0.25) is 0 Å². The molecule has 1 fully saturated rings. The molecule has 0 saturated carbocycles. The maximum absolute atomic E-state index is 12.3. The molecule has 0 atom stereocenters. The Bertz CT molecular complexity index is 443. The van der Waals surface area contributed by atoms with E-state index in [2.05, 4.69) is 15.6 Å². The number of likely N-dealkylation sites (tertiary alicyclic amines) is 1. The number of nitrogens with zero attached hydrogens (tertiary/aromatic N) is 3. The van der Waals surface area contributed by atoms with Gasteiger partial charge in [0.05, 0.1) is 13.2 Å². The number of piperidine rings is 1. The Morgan fingerprint density at radius 3 is 2.46 bits per heavy atom. The zero-order chi connectivity index (χ0) is 18.9. The van der Waals surface area contributed by atoms with Gasteiger partial charge in [-0.3, -0.25) is 9.89 Å². The standard InChI is InChI=1S/C15H28F3N5O2.HI/c1-4-25-14(24)23-8-5-12(6-9-23)21-13(19-2)20-7-10-22(3)11-15(16,17)18;/h12H,4-11H2,1-3H3,(H2,19,20,21);1H. The van der Waals surface area contributed by atoms with Crippen LogP contribution in [0.25, 0.3) is 0 Å². The highest BCUT2D eigenvalue weighted by Gasteiger charge is 2.29. The van der Waals surface area contributed by atoms with Gasteiger partial charge in [-0.1, -0.05) is 0 Å². The molecule has 26 heavy (non-hydrogen) atoms. The van der Waals surface area contributed by atoms with Crippen LogP contribution in [-0.4, -0.2) is 87.5 Å². The number of guanidine groups is 1. The predicted octanol–water partition coefficient (Wildman–Crippen LogP) is 1.88. The van der Waals surface area contributed by atoms with E-state index in [-0.39, 0.29) is 42.7 Å². The summed E-state index contributed by atoms with van der Waals surface area (Å²) in [7, 11) is 3.04. The van der Waals surface area contributed by atoms with E-state index in [0.29, 0.717) is 32.2 Å². The van der Waals surface area contributed by atoms with Crippen LogP contribution in [0.3, 0.4) is 0 Å². The Balaban J connectivity index is 0.00000625. The van der Waals surface area contributed by atoms with Crippen molar-refractivity contribution in [3.05, 3.63) is 0 Å². The molecule has 1 heterocycles. The van der Waals surface area contributed by atoms with E-state index in [1.807, 2.05) is 0 Å². The summed E-state index contributed by atoms with van der Waals surface area (Å²) in [6, 6.07) is 0.157. The molecular formula is C15H29F3IN5O2. The molecule has 0 aromatic heterocycles. The summed E-state index contributed by atoms with van der Waals surface area (Å²) >= 11 is 0. The number of likely N-dealkylation sites (N-methyl/N-ethyl adjacent to an activating group) is 1. The number of alkyl halides is 3. The van der Waals surface area contributed by atoms with Crippen LogP contribution in [-0.2, 0) is 4.74 Å². The van der Waals surface area contributed by atoms with Crippen LogP contribution in [0.1, 0.15) is 19.8 Å². The molecule has 2 N–H and O–H groups in total. The van der Waals surface area contributed by atoms with Gasteiger partial charge in [-0.05, 0) is 26.8 Å². The van der Waals surface area contributed by atoms with E-state index in [1.54, 1.807) is 18.9 Å². The molecule has 1 aliphatic rings. The van der Waals surface area contributed by atoms with Crippen molar-refractivity contribution >= 4 is 36.0 Å². The van der Waals surface area contributed by atoms with Gasteiger partial charge in [0.2, 0.25) is 0 Å². The van der Waals surface area contributed by atoms with E-state index in [9.17, 15) is 18.0 Å². The van der Waals surface area contributed by atoms with Gasteiger partial charge in [0, 0.05) is 39.3 Å². The molecule has 0 aliphatic carbocycles. The largest absolute Gasteiger partial charge is 0.450 e. The summed E-state index contributed by atoms with van der Waals surface area (Å²) in [5.74, 6) is 0.551. The summed E-state index contributed by atoms with van der Waals surface area (Å²) < 4.78 is 41.8. The van der Waals surface area contributed by atoms with Crippen molar-refractivity contribution in [2.24, 2.45) is 4.99 Å². The summed E-state index contributed by atoms with van der Waals surface area (Å²) in [5, 5.41) is 6.25. The molecule has 0 aromatic carbocycles. The third-order valence-corrected chi connectivity index (χ3v) is 3.82. The molecule has 1 aliphatic heterocycles. The fraction of sp³-hybridized carbons (Fsp3) is 0.867. The van der Waals surface area contributed by atoms with Crippen molar-refractivity contribution in [2.45, 2.75) is 32.0 Å². The number of rotatable bonds is 6. The Hall–Kier alpha value is -0.980. The van der Waals surface area contributed by atoms with E-state index in [1.165, 1.54) is 11.9 Å². The highest BCUT2D eigenvalue weighted by molar-refractivity contribution is 14.0. The van der Waals surface area contributed by atoms with Crippen LogP contribution in [0.5, 0.6) is 0 Å². The Morgan fingerprint density at radius 2 is 1.96 bits per heavy atom. The van der Waals surface area contributed by atoms with Crippen molar-refractivity contribution in [1.29, 1.82) is 0 Å². The number of hydrogen-bond acceptors (Lipinski definition) is 4. The van der Waals surface area contributed by atoms with Crippen LogP contribution < -0.4 is 10.6 Å². The number of hydrogen-bond donors (Lipinski definition) is 2. The van der Waals surface area contributed by atoms with E-state index < -0.39 is 12.7 Å². The first-order valence-corrected chi connectivity index (χ1v) is 8.39. The highest BCUT2D eigenvalue weighted by Crippen LogP contribution is 2.15. The van der Waals surface area contributed by atoms with Crippen molar-refractivity contribution in [2.75, 3.05) is 53.4 Å². The molecule has 0 aromatic rings. The minimum absolute atomic E-state index is 0. The number of ether oxygens (including phenoxy) is 1. The third kappa shape index (κ3) is 10.2. The predicted molar refractivity (Wildman–Crippen MR) is 105 cm³/mol. The van der Waals surface area contributed by atoms with Gasteiger partial charge < -0.3 is 20.3 Å². The van der Waals surface area contributed by atoms with Gasteiger partial charge in [0.1, 0.15) is 0 Å². The molecule has 0 bridgehead atoms. The molecule has 0 radical (unpaired) electrons. The lowest BCUT2D eigenvalue weighted by Gasteiger charge is -2.32. The van der Waals surface area contributed by atoms with Crippen molar-refractivity contribution < 1.29 is 22.7 Å². The van der Waals surface area contributed by atoms with Crippen molar-refractivity contribution in [3.8, 4) is 0 Å². The first kappa shape index (κ1) is 25.0. The molecule has 154 valence electrons. The zero-order valence-corrected chi connectivity index (χ0v) is 17.8. The van der Waals surface area contributed by atoms with E-state index in [4.69, 9.17) is 4.74 Å². The summed E-state index contributed by atoms with van der Waals surface area (Å²) in [4.78, 5) is 18.6. The second-order valence-corrected chi connectivity index (χ2v) is 5.96. The van der Waals surface area contributed by atoms with Gasteiger partial charge in [-0.15, -0.1) is 24.0 Å². The van der Waals surface area contributed by atoms with Crippen molar-refractivity contribution in [1.82, 2.24) is 20.4 Å². The van der Waals surface area contributed by atoms with Crippen LogP contribution in [0, 0.1) is 0 Å². The maximum Gasteiger partial charge on any atom is 0.409 e. The summed E-state index contributed by atoms with van der Waals surface area (Å²) in [6.45, 7) is 3.00. The molecule has 1 amide bonds. The van der Waals surface area contributed by atoms with Gasteiger partial charge in [-0.2, -0.15) is 13.2 Å². The molecule has 0 unspecified atom stereocenters. The lowest BCUT2D eigenvalue weighted by atomic mass is 10.1. The molecular weight excluding hydrogens is 466 g/mol. The second-order valence-electron chi connectivity index (χ2n) is 5.96. The molecule has 0 spiro atoms. The Kier molecular flexibility index (Phi) is 11.9. The summed E-state index contributed by atoms with van der Waals surface area (Å²) in [5.41, 5.74) is 0. The van der Waals surface area contributed by atoms with Gasteiger partial charge >= 0.3 is 12.3 Å². The molecule has 7 nitrogen and oxygen atoms in total. The van der Waals surface area contributed by atoms with Gasteiger partial charge in [0.15, 0.2) is 5.96 Å². The minimum atomic E-state index is -4.19. The highest BCUT2D eigenvalue weighted by atomic mass is 127. The zero-order valence-electron chi connectivity index (χ0n) is 15.4. The van der Waals surface area contributed by atoms with Crippen LogP contribution >= 0.6 is 24.0 Å². The van der Waals surface area contributed by atoms with Crippen LogP contribution in [0.4, 0.5) is 18.0 Å². The number of amides is 1. The Morgan fingerprint density at radius 1 is 1.35 bits per heavy atom. The third-order valence-electron chi connectivity index (χ3n) is 3.82. The quantitative estimate of drug-likeness (QED) is 0.335. The number of aliphatic imine (C=N–C) groups is 1. The maximum atomic E-state index is 12.3. The topological polar surface area (TPSA) is 69.2 Å². The normalized spacial score (nSPS) is 16.3. The van der Waals surface area contributed by atoms with Crippen molar-refractivity contribution in [3.63, 3.8) is 0 Å². The average Bonchev–Trinajstić information content (AvgIpc) is 2.53. The lowest BCUT2D eigenvalue weighted by Crippen LogP contribution is -2.50. The molecule has 11 heteroatoms. The SMILES string of the molecule is CCOC(=O)N1CCC(NC(=NC)NCCN(C)CC(F)(F)F)CC1.I. The molecule has 1 saturated heterocycles. The number of carbonyl (C=O) groups is 1. The molecule has 1 rings (SSSR count). The Labute approximate surface area is 169 Å². The fourth-order valence-electron chi connectivity index (χ4n) is 2.56.